The van der Waals surface area contributed by atoms with Crippen molar-refractivity contribution in [3.8, 4) is 6.07 Å². The molecule has 0 bridgehead atoms. The van der Waals surface area contributed by atoms with Crippen LogP contribution in [0, 0.1) is 23.2 Å². The average Bonchev–Trinajstić information content (AvgIpc) is 3.23. The monoisotopic (exact) mass is 389 g/mol. The van der Waals surface area contributed by atoms with Crippen molar-refractivity contribution in [2.75, 3.05) is 5.75 Å². The van der Waals surface area contributed by atoms with Crippen molar-refractivity contribution in [3.05, 3.63) is 28.2 Å². The van der Waals surface area contributed by atoms with Gasteiger partial charge in [-0.2, -0.15) is 9.65 Å². The Bertz CT molecular complexity index is 741. The van der Waals surface area contributed by atoms with Gasteiger partial charge >= 0.3 is 0 Å². The van der Waals surface area contributed by atoms with E-state index >= 15 is 0 Å². The fourth-order valence-corrected chi connectivity index (χ4v) is 4.95. The third-order valence-corrected chi connectivity index (χ3v) is 7.27. The normalized spacial score (nSPS) is 20.7. The SMILES string of the molecule is CC(C#N)(C1CC1)S(=O)(=O)C[C@](C)(N)c1cc(Br)cnc1F. The van der Waals surface area contributed by atoms with E-state index in [1.165, 1.54) is 26.1 Å². The molecule has 0 amide bonds. The largest absolute Gasteiger partial charge is 0.321 e. The van der Waals surface area contributed by atoms with Gasteiger partial charge in [0.15, 0.2) is 14.6 Å². The Morgan fingerprint density at radius 1 is 1.55 bits per heavy atom. The van der Waals surface area contributed by atoms with Crippen LogP contribution in [0.3, 0.4) is 0 Å². The maximum Gasteiger partial charge on any atom is 0.217 e. The minimum Gasteiger partial charge on any atom is -0.321 e. The average molecular weight is 390 g/mol. The van der Waals surface area contributed by atoms with Gasteiger partial charge < -0.3 is 5.73 Å². The number of aromatic nitrogens is 1. The lowest BCUT2D eigenvalue weighted by molar-refractivity contribution is 0.467. The number of nitriles is 1. The molecule has 0 radical (unpaired) electrons. The maximum atomic E-state index is 13.9. The predicted molar refractivity (Wildman–Crippen MR) is 84.0 cm³/mol. The molecule has 1 unspecified atom stereocenters. The van der Waals surface area contributed by atoms with Crippen LogP contribution in [0.25, 0.3) is 0 Å². The van der Waals surface area contributed by atoms with Crippen molar-refractivity contribution < 1.29 is 12.8 Å². The number of nitrogens with two attached hydrogens (primary N) is 1. The number of nitrogens with zero attached hydrogens (tertiary/aromatic N) is 2. The number of hydrogen-bond acceptors (Lipinski definition) is 5. The second kappa shape index (κ2) is 5.55. The van der Waals surface area contributed by atoms with Crippen molar-refractivity contribution in [1.82, 2.24) is 4.98 Å². The zero-order valence-electron chi connectivity index (χ0n) is 12.3. The van der Waals surface area contributed by atoms with Crippen LogP contribution in [0.1, 0.15) is 32.3 Å². The van der Waals surface area contributed by atoms with E-state index in [1.807, 2.05) is 6.07 Å². The molecule has 2 atom stereocenters. The van der Waals surface area contributed by atoms with Gasteiger partial charge in [0, 0.05) is 16.2 Å². The molecule has 8 heteroatoms. The number of rotatable bonds is 5. The van der Waals surface area contributed by atoms with E-state index in [9.17, 15) is 18.1 Å². The number of halogens is 2. The van der Waals surface area contributed by atoms with Crippen LogP contribution in [0.15, 0.2) is 16.7 Å². The highest BCUT2D eigenvalue weighted by atomic mass is 79.9. The Morgan fingerprint density at radius 3 is 2.64 bits per heavy atom. The summed E-state index contributed by atoms with van der Waals surface area (Å²) in [5.41, 5.74) is 4.60. The van der Waals surface area contributed by atoms with Crippen LogP contribution in [-0.2, 0) is 15.4 Å². The topological polar surface area (TPSA) is 96.8 Å². The van der Waals surface area contributed by atoms with E-state index in [2.05, 4.69) is 20.9 Å². The van der Waals surface area contributed by atoms with Gasteiger partial charge in [0.25, 0.3) is 0 Å². The Balaban J connectivity index is 2.39. The van der Waals surface area contributed by atoms with Crippen molar-refractivity contribution in [2.24, 2.45) is 11.7 Å². The summed E-state index contributed by atoms with van der Waals surface area (Å²) < 4.78 is 38.3. The van der Waals surface area contributed by atoms with Gasteiger partial charge in [-0.25, -0.2) is 13.4 Å². The third kappa shape index (κ3) is 3.03. The fourth-order valence-electron chi connectivity index (χ4n) is 2.49. The smallest absolute Gasteiger partial charge is 0.217 e. The van der Waals surface area contributed by atoms with E-state index in [1.54, 1.807) is 0 Å². The molecule has 0 aromatic carbocycles. The van der Waals surface area contributed by atoms with E-state index in [0.29, 0.717) is 17.3 Å². The second-order valence-electron chi connectivity index (χ2n) is 6.16. The Labute approximate surface area is 137 Å². The van der Waals surface area contributed by atoms with E-state index < -0.39 is 31.8 Å². The molecule has 1 heterocycles. The van der Waals surface area contributed by atoms with Crippen LogP contribution in [0.4, 0.5) is 4.39 Å². The van der Waals surface area contributed by atoms with Crippen molar-refractivity contribution in [1.29, 1.82) is 5.26 Å². The zero-order chi connectivity index (χ0) is 16.8. The molecule has 120 valence electrons. The van der Waals surface area contributed by atoms with E-state index in [0.717, 1.165) is 0 Å². The summed E-state index contributed by atoms with van der Waals surface area (Å²) in [5.74, 6) is -1.51. The lowest BCUT2D eigenvalue weighted by Gasteiger charge is -2.30. The van der Waals surface area contributed by atoms with Gasteiger partial charge in [-0.05, 0) is 54.6 Å². The summed E-state index contributed by atoms with van der Waals surface area (Å²) in [6, 6.07) is 3.33. The summed E-state index contributed by atoms with van der Waals surface area (Å²) in [5, 5.41) is 9.33. The molecule has 0 saturated heterocycles. The maximum absolute atomic E-state index is 13.9. The Hall–Kier alpha value is -1.04. The van der Waals surface area contributed by atoms with E-state index in [-0.39, 0.29) is 11.5 Å². The molecule has 1 aromatic heterocycles. The summed E-state index contributed by atoms with van der Waals surface area (Å²) in [6.45, 7) is 2.85. The van der Waals surface area contributed by atoms with Crippen LogP contribution in [-0.4, -0.2) is 23.9 Å². The first-order chi connectivity index (χ1) is 10.0. The van der Waals surface area contributed by atoms with Gasteiger partial charge in [-0.1, -0.05) is 0 Å². The van der Waals surface area contributed by atoms with Gasteiger partial charge in [0.2, 0.25) is 5.95 Å². The highest BCUT2D eigenvalue weighted by molar-refractivity contribution is 9.10. The van der Waals surface area contributed by atoms with E-state index in [4.69, 9.17) is 5.73 Å². The minimum absolute atomic E-state index is 0.00142. The molecule has 5 nitrogen and oxygen atoms in total. The second-order valence-corrected chi connectivity index (χ2v) is 9.44. The van der Waals surface area contributed by atoms with Crippen molar-refractivity contribution >= 4 is 25.8 Å². The van der Waals surface area contributed by atoms with Crippen molar-refractivity contribution in [2.45, 2.75) is 37.0 Å². The fraction of sp³-hybridized carbons (Fsp3) is 0.571. The van der Waals surface area contributed by atoms with Crippen LogP contribution >= 0.6 is 15.9 Å². The molecule has 1 aromatic rings. The number of pyridine rings is 1. The molecule has 0 spiro atoms. The first-order valence-electron chi connectivity index (χ1n) is 6.77. The summed E-state index contributed by atoms with van der Waals surface area (Å²) >= 11 is 3.17. The Kier molecular flexibility index (Phi) is 4.37. The summed E-state index contributed by atoms with van der Waals surface area (Å²) in [4.78, 5) is 3.55. The lowest BCUT2D eigenvalue weighted by atomic mass is 9.97. The van der Waals surface area contributed by atoms with Crippen LogP contribution < -0.4 is 5.73 Å². The first kappa shape index (κ1) is 17.3. The zero-order valence-corrected chi connectivity index (χ0v) is 14.7. The van der Waals surface area contributed by atoms with Gasteiger partial charge in [0.05, 0.1) is 17.4 Å². The molecule has 22 heavy (non-hydrogen) atoms. The number of sulfone groups is 1. The van der Waals surface area contributed by atoms with Gasteiger partial charge in [-0.15, -0.1) is 0 Å². The molecule has 2 rings (SSSR count). The molecule has 2 N–H and O–H groups in total. The lowest BCUT2D eigenvalue weighted by Crippen LogP contribution is -2.48. The highest BCUT2D eigenvalue weighted by Gasteiger charge is 2.53. The summed E-state index contributed by atoms with van der Waals surface area (Å²) in [7, 11) is -3.84. The highest BCUT2D eigenvalue weighted by Crippen LogP contribution is 2.45. The quantitative estimate of drug-likeness (QED) is 0.778. The summed E-state index contributed by atoms with van der Waals surface area (Å²) in [6.07, 6.45) is 2.68. The van der Waals surface area contributed by atoms with Crippen LogP contribution in [0.2, 0.25) is 0 Å². The minimum atomic E-state index is -3.84. The molecular weight excluding hydrogens is 373 g/mol. The third-order valence-electron chi connectivity index (χ3n) is 4.14. The van der Waals surface area contributed by atoms with Crippen molar-refractivity contribution in [3.63, 3.8) is 0 Å². The molecule has 1 saturated carbocycles. The molecular formula is C14H17BrFN3O2S. The molecule has 0 aliphatic heterocycles. The molecule has 1 fully saturated rings. The standard InChI is InChI=1S/C14H17BrFN3O2S/c1-13(18,11-5-10(15)6-19-12(11)16)8-22(20,21)14(2,7-17)9-3-4-9/h5-6,9H,3-4,8,18H2,1-2H3/t13-,14?/m0/s1. The first-order valence-corrected chi connectivity index (χ1v) is 9.22. The molecule has 1 aliphatic carbocycles. The predicted octanol–water partition coefficient (Wildman–Crippen LogP) is 2.26. The number of hydrogen-bond donors (Lipinski definition) is 1. The van der Waals surface area contributed by atoms with Crippen LogP contribution in [0.5, 0.6) is 0 Å². The van der Waals surface area contributed by atoms with Gasteiger partial charge in [-0.3, -0.25) is 0 Å². The molecule has 1 aliphatic rings. The Morgan fingerprint density at radius 2 is 2.14 bits per heavy atom. The van der Waals surface area contributed by atoms with Gasteiger partial charge in [0.1, 0.15) is 0 Å².